The van der Waals surface area contributed by atoms with E-state index in [1.807, 2.05) is 62.8 Å². The van der Waals surface area contributed by atoms with Gasteiger partial charge in [-0.25, -0.2) is 14.0 Å². The molecule has 0 bridgehead atoms. The van der Waals surface area contributed by atoms with Crippen LogP contribution in [0.1, 0.15) is 28.9 Å². The van der Waals surface area contributed by atoms with Crippen LogP contribution in [-0.2, 0) is 6.54 Å². The van der Waals surface area contributed by atoms with Gasteiger partial charge in [0.05, 0.1) is 18.3 Å². The fourth-order valence-electron chi connectivity index (χ4n) is 6.06. The highest BCUT2D eigenvalue weighted by Gasteiger charge is 2.35. The van der Waals surface area contributed by atoms with Gasteiger partial charge >= 0.3 is 6.03 Å². The van der Waals surface area contributed by atoms with Crippen LogP contribution in [-0.4, -0.2) is 72.0 Å². The number of nitrogens with zero attached hydrogens (tertiary/aromatic N) is 8. The summed E-state index contributed by atoms with van der Waals surface area (Å²) in [6.07, 6.45) is 5.28. The Morgan fingerprint density at radius 1 is 0.867 bits per heavy atom. The van der Waals surface area contributed by atoms with Gasteiger partial charge in [-0.2, -0.15) is 0 Å². The first-order chi connectivity index (χ1) is 22.1. The number of hydrogen-bond acceptors (Lipinski definition) is 7. The molecule has 1 aliphatic heterocycles. The van der Waals surface area contributed by atoms with Crippen LogP contribution < -0.4 is 15.6 Å². The lowest BCUT2D eigenvalue weighted by Gasteiger charge is -2.42. The predicted octanol–water partition coefficient (Wildman–Crippen LogP) is 3.65. The molecule has 0 radical (unpaired) electrons. The molecule has 3 aromatic heterocycles. The number of aromatic amines is 1. The normalized spacial score (nSPS) is 15.2. The van der Waals surface area contributed by atoms with Gasteiger partial charge in [0.25, 0.3) is 5.65 Å². The number of rotatable bonds is 8. The van der Waals surface area contributed by atoms with E-state index in [9.17, 15) is 4.79 Å². The van der Waals surface area contributed by atoms with Crippen molar-refractivity contribution in [2.75, 3.05) is 37.2 Å². The van der Waals surface area contributed by atoms with Crippen LogP contribution in [0.2, 0.25) is 0 Å². The van der Waals surface area contributed by atoms with Gasteiger partial charge in [0.15, 0.2) is 11.8 Å². The number of carbonyl (C=O) groups excluding carboxylic acids is 1. The molecule has 0 aliphatic carbocycles. The van der Waals surface area contributed by atoms with Crippen molar-refractivity contribution in [3.05, 3.63) is 127 Å². The van der Waals surface area contributed by atoms with Crippen molar-refractivity contribution in [1.29, 1.82) is 0 Å². The van der Waals surface area contributed by atoms with E-state index in [-0.39, 0.29) is 18.1 Å². The third kappa shape index (κ3) is 5.95. The second-order valence-electron chi connectivity index (χ2n) is 11.1. The molecule has 6 aromatic rings. The maximum Gasteiger partial charge on any atom is 0.321 e. The van der Waals surface area contributed by atoms with Gasteiger partial charge in [-0.15, -0.1) is 5.10 Å². The van der Waals surface area contributed by atoms with E-state index in [1.54, 1.807) is 12.7 Å². The number of piperazine rings is 1. The summed E-state index contributed by atoms with van der Waals surface area (Å²) in [6.45, 7) is 3.05. The molecule has 2 amide bonds. The second kappa shape index (κ2) is 12.5. The van der Waals surface area contributed by atoms with Crippen molar-refractivity contribution in [3.8, 4) is 0 Å². The lowest BCUT2D eigenvalue weighted by atomic mass is 9.91. The fraction of sp³-hybridized carbons (Fsp3) is 0.212. The molecule has 12 nitrogen and oxygen atoms in total. The average molecular weight is 601 g/mol. The third-order valence-electron chi connectivity index (χ3n) is 8.26. The topological polar surface area (TPSA) is 138 Å². The van der Waals surface area contributed by atoms with Crippen molar-refractivity contribution in [2.24, 2.45) is 0 Å². The maximum atomic E-state index is 13.1. The number of nitrogens with one attached hydrogen (secondary N) is 2. The zero-order valence-electron chi connectivity index (χ0n) is 24.6. The van der Waals surface area contributed by atoms with Crippen LogP contribution in [0.15, 0.2) is 110 Å². The molecule has 1 saturated heterocycles. The maximum absolute atomic E-state index is 13.1. The largest absolute Gasteiger partial charge is 0.368 e. The van der Waals surface area contributed by atoms with E-state index in [1.165, 1.54) is 5.56 Å². The Hall–Kier alpha value is -5.62. The highest BCUT2D eigenvalue weighted by atomic mass is 16.2. The fourth-order valence-corrected chi connectivity index (χ4v) is 6.06. The summed E-state index contributed by atoms with van der Waals surface area (Å²) in [5.74, 6) is 0.398. The van der Waals surface area contributed by atoms with E-state index >= 15 is 0 Å². The third-order valence-corrected chi connectivity index (χ3v) is 8.26. The van der Waals surface area contributed by atoms with Crippen LogP contribution in [0.3, 0.4) is 0 Å². The Kier molecular flexibility index (Phi) is 7.85. The number of nitrogen functional groups attached to an aromatic ring is 1. The summed E-state index contributed by atoms with van der Waals surface area (Å²) in [5, 5.41) is 12.3. The zero-order valence-corrected chi connectivity index (χ0v) is 24.6. The first kappa shape index (κ1) is 28.2. The molecule has 226 valence electrons. The highest BCUT2D eigenvalue weighted by molar-refractivity contribution is 5.89. The monoisotopic (exact) mass is 600 g/mol. The molecular weight excluding hydrogens is 566 g/mol. The molecule has 1 aliphatic rings. The number of anilines is 2. The minimum Gasteiger partial charge on any atom is -0.368 e. The van der Waals surface area contributed by atoms with Crippen molar-refractivity contribution < 1.29 is 9.36 Å². The molecular formula is C33H34N11O+. The van der Waals surface area contributed by atoms with Crippen LogP contribution in [0.4, 0.5) is 16.3 Å². The zero-order chi connectivity index (χ0) is 30.6. The second-order valence-corrected chi connectivity index (χ2v) is 11.1. The summed E-state index contributed by atoms with van der Waals surface area (Å²) in [4.78, 5) is 29.2. The Balaban J connectivity index is 1.18. The lowest BCUT2D eigenvalue weighted by Crippen LogP contribution is -2.52. The number of carbonyl (C=O) groups is 1. The van der Waals surface area contributed by atoms with Gasteiger partial charge < -0.3 is 20.9 Å². The Morgan fingerprint density at radius 3 is 2.20 bits per heavy atom. The van der Waals surface area contributed by atoms with Crippen molar-refractivity contribution in [3.63, 3.8) is 0 Å². The Labute approximate surface area is 260 Å². The summed E-state index contributed by atoms with van der Waals surface area (Å²) < 4.78 is 3.87. The SMILES string of the molecule is Nc1nc[n+](Cc2cn(C(c3ccccc3)C(c3ccccc3)N3CCN(C(=O)Nc4ccccc4)CC3)nn2)c2nc[nH]c12. The van der Waals surface area contributed by atoms with Gasteiger partial charge in [-0.1, -0.05) is 94.0 Å². The smallest absolute Gasteiger partial charge is 0.321 e. The Morgan fingerprint density at radius 2 is 1.51 bits per heavy atom. The van der Waals surface area contributed by atoms with Crippen LogP contribution >= 0.6 is 0 Å². The molecule has 4 N–H and O–H groups in total. The molecule has 2 atom stereocenters. The number of H-pyrrole nitrogens is 1. The molecule has 45 heavy (non-hydrogen) atoms. The first-order valence-corrected chi connectivity index (χ1v) is 15.0. The Bertz CT molecular complexity index is 1870. The van der Waals surface area contributed by atoms with Crippen LogP contribution in [0, 0.1) is 0 Å². The van der Waals surface area contributed by atoms with E-state index in [4.69, 9.17) is 5.73 Å². The number of fused-ring (bicyclic) bond motifs is 1. The first-order valence-electron chi connectivity index (χ1n) is 15.0. The standard InChI is InChI=1S/C33H33N11O/c34-31-28-32(36-22-35-28)43(23-37-31)20-27-21-44(40-39-27)30(25-12-6-2-7-13-25)29(24-10-4-1-5-11-24)41-16-18-42(19-17-41)33(45)38-26-14-8-3-9-15-26/h1-15,21-23,29-30H,16-20H2,(H3,34,35,36,38,45)/p+1. The summed E-state index contributed by atoms with van der Waals surface area (Å²) in [5.41, 5.74) is 11.3. The van der Waals surface area contributed by atoms with E-state index in [0.29, 0.717) is 49.7 Å². The minimum atomic E-state index is -0.181. The van der Waals surface area contributed by atoms with Gasteiger partial charge in [0.1, 0.15) is 12.2 Å². The van der Waals surface area contributed by atoms with Crippen molar-refractivity contribution in [2.45, 2.75) is 18.6 Å². The lowest BCUT2D eigenvalue weighted by molar-refractivity contribution is -0.667. The van der Waals surface area contributed by atoms with Crippen LogP contribution in [0.5, 0.6) is 0 Å². The number of nitrogens with two attached hydrogens (primary N) is 1. The van der Waals surface area contributed by atoms with E-state index in [2.05, 4.69) is 84.0 Å². The van der Waals surface area contributed by atoms with Gasteiger partial charge in [-0.05, 0) is 23.3 Å². The number of aromatic nitrogens is 7. The predicted molar refractivity (Wildman–Crippen MR) is 170 cm³/mol. The van der Waals surface area contributed by atoms with Gasteiger partial charge in [0.2, 0.25) is 12.1 Å². The molecule has 0 spiro atoms. The number of imidazole rings is 1. The van der Waals surface area contributed by atoms with Crippen LogP contribution in [0.25, 0.3) is 11.2 Å². The molecule has 1 fully saturated rings. The molecule has 3 aromatic carbocycles. The summed E-state index contributed by atoms with van der Waals surface area (Å²) in [7, 11) is 0. The quantitative estimate of drug-likeness (QED) is 0.227. The minimum absolute atomic E-state index is 0.0635. The highest BCUT2D eigenvalue weighted by Crippen LogP contribution is 2.37. The number of amides is 2. The summed E-state index contributed by atoms with van der Waals surface area (Å²) in [6, 6.07) is 30.1. The molecule has 12 heteroatoms. The van der Waals surface area contributed by atoms with E-state index < -0.39 is 0 Å². The number of para-hydroxylation sites is 1. The summed E-state index contributed by atoms with van der Waals surface area (Å²) >= 11 is 0. The number of benzene rings is 3. The number of urea groups is 1. The number of hydrogen-bond donors (Lipinski definition) is 3. The molecule has 2 unspecified atom stereocenters. The molecule has 4 heterocycles. The van der Waals surface area contributed by atoms with E-state index in [0.717, 1.165) is 16.9 Å². The van der Waals surface area contributed by atoms with Gasteiger partial charge in [0, 0.05) is 31.9 Å². The molecule has 7 rings (SSSR count). The van der Waals surface area contributed by atoms with Crippen molar-refractivity contribution in [1.82, 2.24) is 39.7 Å². The van der Waals surface area contributed by atoms with Crippen molar-refractivity contribution >= 4 is 28.7 Å². The average Bonchev–Trinajstić information content (AvgIpc) is 3.77. The molecule has 0 saturated carbocycles. The van der Waals surface area contributed by atoms with Gasteiger partial charge in [-0.3, -0.25) is 4.90 Å².